The Bertz CT molecular complexity index is 1100. The molecule has 172 valence electrons. The Hall–Kier alpha value is -2.24. The lowest BCUT2D eigenvalue weighted by atomic mass is 10.1. The fourth-order valence-corrected chi connectivity index (χ4v) is 5.83. The molecule has 1 amide bonds. The van der Waals surface area contributed by atoms with Crippen LogP contribution in [0, 0.1) is 13.8 Å². The molecule has 32 heavy (non-hydrogen) atoms. The number of thioether (sulfide) groups is 1. The Morgan fingerprint density at radius 2 is 2.00 bits per heavy atom. The van der Waals surface area contributed by atoms with Crippen LogP contribution in [-0.4, -0.2) is 44.0 Å². The van der Waals surface area contributed by atoms with E-state index in [9.17, 15) is 9.59 Å². The topological polar surface area (TPSA) is 99.0 Å². The molecule has 0 aromatic carbocycles. The van der Waals surface area contributed by atoms with Crippen LogP contribution in [0.3, 0.4) is 0 Å². The third-order valence-corrected chi connectivity index (χ3v) is 7.67. The van der Waals surface area contributed by atoms with E-state index in [1.54, 1.807) is 25.2 Å². The van der Waals surface area contributed by atoms with E-state index in [-0.39, 0.29) is 11.7 Å². The number of nitrogens with one attached hydrogen (secondary N) is 1. The molecule has 1 N–H and O–H groups in total. The monoisotopic (exact) mass is 493 g/mol. The lowest BCUT2D eigenvalue weighted by molar-refractivity contribution is -0.113. The highest BCUT2D eigenvalue weighted by Gasteiger charge is 2.20. The summed E-state index contributed by atoms with van der Waals surface area (Å²) >= 11 is 4.18. The van der Waals surface area contributed by atoms with Crippen molar-refractivity contribution < 1.29 is 14.3 Å². The van der Waals surface area contributed by atoms with Gasteiger partial charge < -0.3 is 14.6 Å². The summed E-state index contributed by atoms with van der Waals surface area (Å²) in [6.07, 6.45) is 1.87. The number of hydrogen-bond acceptors (Lipinski definition) is 9. The van der Waals surface area contributed by atoms with Crippen molar-refractivity contribution in [3.8, 4) is 11.4 Å². The minimum atomic E-state index is -0.423. The molecule has 3 aromatic rings. The molecule has 8 nitrogen and oxygen atoms in total. The minimum absolute atomic E-state index is 0.165. The number of carbonyl (C=O) groups excluding carboxylic acids is 2. The first-order chi connectivity index (χ1) is 15.4. The van der Waals surface area contributed by atoms with Crippen molar-refractivity contribution in [3.63, 3.8) is 0 Å². The van der Waals surface area contributed by atoms with Gasteiger partial charge >= 0.3 is 5.97 Å². The predicted molar refractivity (Wildman–Crippen MR) is 130 cm³/mol. The zero-order chi connectivity index (χ0) is 23.3. The molecule has 0 unspecified atom stereocenters. The average molecular weight is 494 g/mol. The lowest BCUT2D eigenvalue weighted by Crippen LogP contribution is -2.14. The number of anilines is 1. The van der Waals surface area contributed by atoms with E-state index >= 15 is 0 Å². The van der Waals surface area contributed by atoms with Crippen LogP contribution in [0.5, 0.6) is 0 Å². The van der Waals surface area contributed by atoms with Crippen molar-refractivity contribution >= 4 is 51.4 Å². The van der Waals surface area contributed by atoms with Crippen LogP contribution in [0.1, 0.15) is 53.0 Å². The summed E-state index contributed by atoms with van der Waals surface area (Å²) in [6, 6.07) is 0. The predicted octanol–water partition coefficient (Wildman–Crippen LogP) is 4.96. The molecule has 0 radical (unpaired) electrons. The van der Waals surface area contributed by atoms with E-state index in [1.807, 2.05) is 0 Å². The van der Waals surface area contributed by atoms with Crippen LogP contribution < -0.4 is 5.32 Å². The molecule has 0 bridgehead atoms. The summed E-state index contributed by atoms with van der Waals surface area (Å²) in [5, 5.41) is 14.8. The summed E-state index contributed by atoms with van der Waals surface area (Å²) in [7, 11) is 0. The number of thiazole rings is 1. The summed E-state index contributed by atoms with van der Waals surface area (Å²) in [4.78, 5) is 30.4. The van der Waals surface area contributed by atoms with Crippen LogP contribution in [-0.2, 0) is 22.5 Å². The van der Waals surface area contributed by atoms with Crippen molar-refractivity contribution in [2.45, 2.75) is 59.2 Å². The van der Waals surface area contributed by atoms with Crippen LogP contribution >= 0.6 is 34.4 Å². The SMILES string of the molecule is CCCn1c(SCC(=O)Nc2nc(C)c(C(=O)OCC)s2)nnc1-c1csc(C)c1CC. The van der Waals surface area contributed by atoms with Gasteiger partial charge in [0.15, 0.2) is 16.1 Å². The van der Waals surface area contributed by atoms with Gasteiger partial charge in [0.2, 0.25) is 5.91 Å². The van der Waals surface area contributed by atoms with Crippen molar-refractivity contribution in [3.05, 3.63) is 26.4 Å². The number of esters is 1. The summed E-state index contributed by atoms with van der Waals surface area (Å²) in [5.74, 6) is 0.379. The summed E-state index contributed by atoms with van der Waals surface area (Å²) in [6.45, 7) is 10.9. The van der Waals surface area contributed by atoms with Gasteiger partial charge in [-0.25, -0.2) is 9.78 Å². The molecule has 0 fully saturated rings. The lowest BCUT2D eigenvalue weighted by Gasteiger charge is -2.09. The molecule has 0 saturated heterocycles. The second kappa shape index (κ2) is 11.1. The smallest absolute Gasteiger partial charge is 0.350 e. The molecule has 0 saturated carbocycles. The number of amides is 1. The third-order valence-electron chi connectivity index (χ3n) is 4.70. The maximum Gasteiger partial charge on any atom is 0.350 e. The van der Waals surface area contributed by atoms with E-state index in [1.165, 1.54) is 22.2 Å². The van der Waals surface area contributed by atoms with E-state index in [4.69, 9.17) is 4.74 Å². The molecular weight excluding hydrogens is 466 g/mol. The average Bonchev–Trinajstić information content (AvgIpc) is 3.43. The number of aromatic nitrogens is 4. The highest BCUT2D eigenvalue weighted by molar-refractivity contribution is 7.99. The minimum Gasteiger partial charge on any atom is -0.462 e. The van der Waals surface area contributed by atoms with Gasteiger partial charge in [0.25, 0.3) is 0 Å². The normalized spacial score (nSPS) is 11.0. The van der Waals surface area contributed by atoms with E-state index in [0.717, 1.165) is 42.1 Å². The van der Waals surface area contributed by atoms with Crippen LogP contribution in [0.15, 0.2) is 10.5 Å². The van der Waals surface area contributed by atoms with E-state index in [2.05, 4.69) is 51.2 Å². The van der Waals surface area contributed by atoms with Crippen molar-refractivity contribution in [2.75, 3.05) is 17.7 Å². The number of nitrogens with zero attached hydrogens (tertiary/aromatic N) is 4. The van der Waals surface area contributed by atoms with Gasteiger partial charge in [0, 0.05) is 22.4 Å². The Kier molecular flexibility index (Phi) is 8.44. The van der Waals surface area contributed by atoms with E-state index in [0.29, 0.717) is 27.5 Å². The molecule has 3 rings (SSSR count). The quantitative estimate of drug-likeness (QED) is 0.315. The Morgan fingerprint density at radius 1 is 1.22 bits per heavy atom. The Labute approximate surface area is 199 Å². The van der Waals surface area contributed by atoms with Gasteiger partial charge in [-0.3, -0.25) is 4.79 Å². The second-order valence-corrected chi connectivity index (χ2v) is 10.0. The van der Waals surface area contributed by atoms with Crippen LogP contribution in [0.25, 0.3) is 11.4 Å². The molecule has 11 heteroatoms. The molecule has 0 atom stereocenters. The van der Waals surface area contributed by atoms with Gasteiger partial charge in [0.05, 0.1) is 18.1 Å². The summed E-state index contributed by atoms with van der Waals surface area (Å²) in [5.41, 5.74) is 2.96. The van der Waals surface area contributed by atoms with Gasteiger partial charge in [-0.05, 0) is 39.2 Å². The number of carbonyl (C=O) groups is 2. The van der Waals surface area contributed by atoms with Gasteiger partial charge in [0.1, 0.15) is 4.88 Å². The Morgan fingerprint density at radius 3 is 2.69 bits per heavy atom. The van der Waals surface area contributed by atoms with Gasteiger partial charge in [-0.1, -0.05) is 36.9 Å². The fraction of sp³-hybridized carbons (Fsp3) is 0.476. The largest absolute Gasteiger partial charge is 0.462 e. The number of rotatable bonds is 10. The molecule has 0 aliphatic heterocycles. The first kappa shape index (κ1) is 24.4. The number of ether oxygens (including phenoxy) is 1. The first-order valence-electron chi connectivity index (χ1n) is 10.5. The number of hydrogen-bond donors (Lipinski definition) is 1. The molecular formula is C21H27N5O3S3. The molecule has 0 aliphatic rings. The van der Waals surface area contributed by atoms with Crippen molar-refractivity contribution in [1.29, 1.82) is 0 Å². The van der Waals surface area contributed by atoms with Crippen LogP contribution in [0.4, 0.5) is 5.13 Å². The molecule has 0 spiro atoms. The van der Waals surface area contributed by atoms with E-state index < -0.39 is 5.97 Å². The first-order valence-corrected chi connectivity index (χ1v) is 13.1. The fourth-order valence-electron chi connectivity index (χ4n) is 3.25. The maximum atomic E-state index is 12.5. The highest BCUT2D eigenvalue weighted by atomic mass is 32.2. The number of thiophene rings is 1. The zero-order valence-corrected chi connectivity index (χ0v) is 21.3. The van der Waals surface area contributed by atoms with Crippen LogP contribution in [0.2, 0.25) is 0 Å². The standard InChI is InChI=1S/C21H27N5O3S3/c1-6-9-26-18(15-10-30-13(5)14(15)7-2)24-25-21(26)31-11-16(27)23-20-22-12(4)17(32-20)19(28)29-8-3/h10H,6-9,11H2,1-5H3,(H,22,23,27). The molecule has 3 aromatic heterocycles. The van der Waals surface area contributed by atoms with Crippen molar-refractivity contribution in [2.24, 2.45) is 0 Å². The van der Waals surface area contributed by atoms with Gasteiger partial charge in [-0.2, -0.15) is 0 Å². The zero-order valence-electron chi connectivity index (χ0n) is 18.9. The number of aryl methyl sites for hydroxylation is 2. The maximum absolute atomic E-state index is 12.5. The second-order valence-electron chi connectivity index (χ2n) is 6.99. The summed E-state index contributed by atoms with van der Waals surface area (Å²) < 4.78 is 7.11. The molecule has 0 aliphatic carbocycles. The van der Waals surface area contributed by atoms with Gasteiger partial charge in [-0.15, -0.1) is 21.5 Å². The van der Waals surface area contributed by atoms with Crippen molar-refractivity contribution in [1.82, 2.24) is 19.7 Å². The Balaban J connectivity index is 1.70. The molecule has 3 heterocycles. The highest BCUT2D eigenvalue weighted by Crippen LogP contribution is 2.33. The third kappa shape index (κ3) is 5.38.